The molecule has 0 bridgehead atoms. The minimum absolute atomic E-state index is 0.878. The standard InChI is InChI=1S/3C40H23N3/c1-4-13-28(35-23-41-38-30-15-5-2-11-26(30)27-12-3-6-16-31(27)39(38)42-35)25(10-1)24-20-21-37-34(22-24)33-18-9-17-32-29-14-7-8-19-36(29)43(37)40(32)33;1-3-14-30-27(11-1)28-12-2-4-15-31(28)39-38(30)41-23-35(42-39)26-10-7-9-24(21-26)25-19-20-37-34(22-25)33-17-8-16-32-29-13-5-6-18-36(29)43(37)40(32)33;1-3-11-30-27(8-1)28-9-2-4-12-31(28)39-38(30)41-23-35(42-39)25-18-16-24(17-19-25)26-20-21-37-34(22-26)33-14-7-13-32-29-10-5-6-15-36(29)43(37)40(32)33/h3*1-23H. The number of hydrogen-bond acceptors (Lipinski definition) is 6. The summed E-state index contributed by atoms with van der Waals surface area (Å²) in [4.78, 5) is 30.7. The van der Waals surface area contributed by atoms with Gasteiger partial charge in [0.2, 0.25) is 0 Å². The predicted molar refractivity (Wildman–Crippen MR) is 540 cm³/mol. The summed E-state index contributed by atoms with van der Waals surface area (Å²) < 4.78 is 7.27. The number of para-hydroxylation sites is 6. The Morgan fingerprint density at radius 2 is 0.388 bits per heavy atom. The second-order valence-electron chi connectivity index (χ2n) is 34.2. The summed E-state index contributed by atoms with van der Waals surface area (Å²) in [5, 5.41) is 29.6. The SMILES string of the molecule is c1cc(-c2ccc3c(c2)c2cccc4c5ccccc5n3c42)cc(-c2cnc3c4ccccc4c4ccccc4c3n2)c1.c1ccc(-c2cnc3c4ccccc4c4ccccc4c3n2)c(-c2ccc3c(c2)c2cccc4c5ccccc5n3c42)c1.c1ccc2c(c1)c1ccccc1c1nc(-c3ccc(-c4ccc5c(c4)c4cccc6c7ccccc7n5c64)cc3)cnc21. The summed E-state index contributed by atoms with van der Waals surface area (Å²) >= 11 is 0. The van der Waals surface area contributed by atoms with Crippen molar-refractivity contribution in [2.24, 2.45) is 0 Å². The van der Waals surface area contributed by atoms with Crippen molar-refractivity contribution in [3.8, 4) is 67.2 Å². The Balaban J connectivity index is 0.0000000976. The van der Waals surface area contributed by atoms with Crippen molar-refractivity contribution in [2.45, 2.75) is 0 Å². The van der Waals surface area contributed by atoms with Gasteiger partial charge in [0.15, 0.2) is 0 Å². The summed E-state index contributed by atoms with van der Waals surface area (Å²) in [6.45, 7) is 0. The molecular weight excluding hydrogens is 1570 g/mol. The normalized spacial score (nSPS) is 12.2. The van der Waals surface area contributed by atoms with E-state index in [-0.39, 0.29) is 0 Å². The van der Waals surface area contributed by atoms with E-state index in [4.69, 9.17) is 29.9 Å². The van der Waals surface area contributed by atoms with E-state index in [0.717, 1.165) is 105 Å². The molecular formula is C120H69N9. The molecule has 9 heterocycles. The van der Waals surface area contributed by atoms with Crippen LogP contribution in [0.15, 0.2) is 419 Å². The third-order valence-electron chi connectivity index (χ3n) is 27.5. The van der Waals surface area contributed by atoms with Crippen molar-refractivity contribution in [1.29, 1.82) is 0 Å². The van der Waals surface area contributed by atoms with Crippen LogP contribution in [0, 0.1) is 0 Å². The molecule has 21 aromatic carbocycles. The first-order chi connectivity index (χ1) is 64.0. The Hall–Kier alpha value is -17.4. The van der Waals surface area contributed by atoms with Crippen LogP contribution < -0.4 is 0 Å². The third-order valence-corrected chi connectivity index (χ3v) is 27.5. The van der Waals surface area contributed by atoms with Gasteiger partial charge in [0, 0.05) is 114 Å². The van der Waals surface area contributed by atoms with Gasteiger partial charge in [-0.25, -0.2) is 15.0 Å². The highest BCUT2D eigenvalue weighted by molar-refractivity contribution is 6.30. The average Bonchev–Trinajstić information content (AvgIpc) is 1.43. The molecule has 594 valence electrons. The van der Waals surface area contributed by atoms with Crippen molar-refractivity contribution in [1.82, 2.24) is 43.1 Å². The quantitative estimate of drug-likeness (QED) is 0.154. The Morgan fingerprint density at radius 3 is 0.791 bits per heavy atom. The first-order valence-corrected chi connectivity index (χ1v) is 44.0. The Labute approximate surface area is 736 Å². The van der Waals surface area contributed by atoms with E-state index < -0.39 is 0 Å². The molecule has 0 saturated carbocycles. The van der Waals surface area contributed by atoms with E-state index >= 15 is 0 Å². The van der Waals surface area contributed by atoms with Crippen molar-refractivity contribution in [3.05, 3.63) is 419 Å². The monoisotopic (exact) mass is 1640 g/mol. The fraction of sp³-hybridized carbons (Fsp3) is 0. The number of aromatic nitrogens is 9. The summed E-state index contributed by atoms with van der Waals surface area (Å²) in [5.74, 6) is 0. The van der Waals surface area contributed by atoms with Gasteiger partial charge < -0.3 is 13.2 Å². The first-order valence-electron chi connectivity index (χ1n) is 44.0. The van der Waals surface area contributed by atoms with Gasteiger partial charge in [0.25, 0.3) is 0 Å². The van der Waals surface area contributed by atoms with Crippen LogP contribution in [0.25, 0.3) is 279 Å². The zero-order valence-corrected chi connectivity index (χ0v) is 69.4. The molecule has 30 aromatic rings. The molecule has 0 aliphatic rings. The zero-order valence-electron chi connectivity index (χ0n) is 69.4. The number of benzene rings is 21. The van der Waals surface area contributed by atoms with Crippen LogP contribution in [-0.4, -0.2) is 43.1 Å². The highest BCUT2D eigenvalue weighted by Crippen LogP contribution is 2.47. The molecule has 0 aliphatic heterocycles. The van der Waals surface area contributed by atoms with Gasteiger partial charge in [-0.3, -0.25) is 15.0 Å². The van der Waals surface area contributed by atoms with Crippen LogP contribution in [0.3, 0.4) is 0 Å². The van der Waals surface area contributed by atoms with E-state index in [1.807, 2.05) is 18.6 Å². The topological polar surface area (TPSA) is 90.6 Å². The molecule has 0 atom stereocenters. The number of rotatable bonds is 6. The number of hydrogen-bond donors (Lipinski definition) is 0. The van der Waals surface area contributed by atoms with Gasteiger partial charge in [-0.05, 0) is 126 Å². The lowest BCUT2D eigenvalue weighted by atomic mass is 9.95. The van der Waals surface area contributed by atoms with E-state index in [1.165, 1.54) is 174 Å². The maximum atomic E-state index is 5.31. The van der Waals surface area contributed by atoms with Crippen LogP contribution in [0.2, 0.25) is 0 Å². The molecule has 9 aromatic heterocycles. The molecule has 0 spiro atoms. The molecule has 30 rings (SSSR count). The van der Waals surface area contributed by atoms with E-state index in [0.29, 0.717) is 0 Å². The molecule has 9 nitrogen and oxygen atoms in total. The highest BCUT2D eigenvalue weighted by atomic mass is 14.9. The minimum Gasteiger partial charge on any atom is -0.308 e. The van der Waals surface area contributed by atoms with Crippen LogP contribution in [-0.2, 0) is 0 Å². The fourth-order valence-electron chi connectivity index (χ4n) is 21.8. The Morgan fingerprint density at radius 1 is 0.140 bits per heavy atom. The van der Waals surface area contributed by atoms with E-state index in [1.54, 1.807) is 0 Å². The minimum atomic E-state index is 0.878. The van der Waals surface area contributed by atoms with Crippen LogP contribution in [0.1, 0.15) is 0 Å². The van der Waals surface area contributed by atoms with E-state index in [9.17, 15) is 0 Å². The van der Waals surface area contributed by atoms with Gasteiger partial charge in [0.1, 0.15) is 0 Å². The molecule has 0 N–H and O–H groups in total. The molecule has 129 heavy (non-hydrogen) atoms. The summed E-state index contributed by atoms with van der Waals surface area (Å²) in [6.07, 6.45) is 5.77. The second-order valence-corrected chi connectivity index (χ2v) is 34.2. The number of nitrogens with zero attached hydrogens (tertiary/aromatic N) is 9. The summed E-state index contributed by atoms with van der Waals surface area (Å²) in [6, 6.07) is 144. The Kier molecular flexibility index (Phi) is 15.2. The molecule has 0 fully saturated rings. The van der Waals surface area contributed by atoms with Crippen molar-refractivity contribution >= 4 is 212 Å². The lowest BCUT2D eigenvalue weighted by Crippen LogP contribution is -1.94. The highest BCUT2D eigenvalue weighted by Gasteiger charge is 2.25. The van der Waals surface area contributed by atoms with Gasteiger partial charge in [-0.15, -0.1) is 0 Å². The van der Waals surface area contributed by atoms with Crippen LogP contribution in [0.4, 0.5) is 0 Å². The maximum Gasteiger partial charge on any atom is 0.0979 e. The van der Waals surface area contributed by atoms with Crippen molar-refractivity contribution in [3.63, 3.8) is 0 Å². The van der Waals surface area contributed by atoms with Gasteiger partial charge in [-0.2, -0.15) is 0 Å². The zero-order chi connectivity index (χ0) is 84.2. The maximum absolute atomic E-state index is 5.31. The molecule has 0 aliphatic carbocycles. The smallest absolute Gasteiger partial charge is 0.0979 e. The largest absolute Gasteiger partial charge is 0.308 e. The lowest BCUT2D eigenvalue weighted by molar-refractivity contribution is 1.31. The van der Waals surface area contributed by atoms with Crippen molar-refractivity contribution in [2.75, 3.05) is 0 Å². The number of fused-ring (bicyclic) bond motifs is 36. The van der Waals surface area contributed by atoms with Gasteiger partial charge >= 0.3 is 0 Å². The molecule has 9 heteroatoms. The third kappa shape index (κ3) is 10.5. The summed E-state index contributed by atoms with van der Waals surface area (Å²) in [5.41, 5.74) is 30.0. The van der Waals surface area contributed by atoms with Crippen LogP contribution in [0.5, 0.6) is 0 Å². The Bertz CT molecular complexity index is 9890. The van der Waals surface area contributed by atoms with Gasteiger partial charge in [0.05, 0.1) is 118 Å². The lowest BCUT2D eigenvalue weighted by Gasteiger charge is -2.13. The predicted octanol–water partition coefficient (Wildman–Crippen LogP) is 31.3. The summed E-state index contributed by atoms with van der Waals surface area (Å²) in [7, 11) is 0. The molecule has 0 radical (unpaired) electrons. The first kappa shape index (κ1) is 71.1. The van der Waals surface area contributed by atoms with E-state index in [2.05, 4.69) is 414 Å². The average molecular weight is 1640 g/mol. The second kappa shape index (κ2) is 27.5. The van der Waals surface area contributed by atoms with Crippen molar-refractivity contribution < 1.29 is 0 Å². The molecule has 0 saturated heterocycles. The van der Waals surface area contributed by atoms with Gasteiger partial charge in [-0.1, -0.05) is 340 Å². The van der Waals surface area contributed by atoms with Crippen LogP contribution >= 0.6 is 0 Å². The molecule has 0 amide bonds. The fourth-order valence-corrected chi connectivity index (χ4v) is 21.8. The molecule has 0 unspecified atom stereocenters.